The first kappa shape index (κ1) is 10.5. The molecule has 0 bridgehead atoms. The molecule has 1 aromatic heterocycles. The summed E-state index contributed by atoms with van der Waals surface area (Å²) in [4.78, 5) is 12.0. The summed E-state index contributed by atoms with van der Waals surface area (Å²) in [5.74, 6) is 0. The quantitative estimate of drug-likeness (QED) is 0.708. The lowest BCUT2D eigenvalue weighted by Crippen LogP contribution is -2.20. The molecule has 0 spiro atoms. The lowest BCUT2D eigenvalue weighted by Gasteiger charge is -2.04. The van der Waals surface area contributed by atoms with Crippen LogP contribution in [0.25, 0.3) is 11.0 Å². The molecule has 5 heteroatoms. The van der Waals surface area contributed by atoms with Gasteiger partial charge in [-0.05, 0) is 24.3 Å². The summed E-state index contributed by atoms with van der Waals surface area (Å²) < 4.78 is 1.25. The molecule has 0 saturated carbocycles. The number of nitrogens with zero attached hydrogens (tertiary/aromatic N) is 3. The third kappa shape index (κ3) is 1.82. The molecule has 0 fully saturated rings. The second kappa shape index (κ2) is 4.29. The van der Waals surface area contributed by atoms with E-state index in [4.69, 9.17) is 0 Å². The van der Waals surface area contributed by atoms with Crippen molar-refractivity contribution < 1.29 is 4.79 Å². The van der Waals surface area contributed by atoms with Crippen molar-refractivity contribution in [3.05, 3.63) is 54.6 Å². The maximum Gasteiger partial charge on any atom is 0.348 e. The van der Waals surface area contributed by atoms with Gasteiger partial charge in [0.1, 0.15) is 5.52 Å². The summed E-state index contributed by atoms with van der Waals surface area (Å²) in [5.41, 5.74) is 2.11. The van der Waals surface area contributed by atoms with E-state index in [1.807, 2.05) is 48.5 Å². The number of nitrogens with one attached hydrogen (secondary N) is 1. The van der Waals surface area contributed by atoms with Crippen LogP contribution in [-0.2, 0) is 0 Å². The van der Waals surface area contributed by atoms with Crippen LogP contribution in [-0.4, -0.2) is 21.0 Å². The number of aromatic nitrogens is 3. The van der Waals surface area contributed by atoms with Gasteiger partial charge in [-0.15, -0.1) is 5.10 Å². The van der Waals surface area contributed by atoms with E-state index >= 15 is 0 Å². The molecule has 3 rings (SSSR count). The van der Waals surface area contributed by atoms with Crippen LogP contribution in [0.15, 0.2) is 54.6 Å². The van der Waals surface area contributed by atoms with Crippen molar-refractivity contribution >= 4 is 22.8 Å². The van der Waals surface area contributed by atoms with Crippen molar-refractivity contribution in [2.45, 2.75) is 0 Å². The SMILES string of the molecule is O=C(Nc1ccccc1)n1nnc2ccccc21. The monoisotopic (exact) mass is 238 g/mol. The van der Waals surface area contributed by atoms with Crippen molar-refractivity contribution in [3.63, 3.8) is 0 Å². The van der Waals surface area contributed by atoms with Crippen molar-refractivity contribution in [2.24, 2.45) is 0 Å². The van der Waals surface area contributed by atoms with Crippen LogP contribution in [0, 0.1) is 0 Å². The predicted molar refractivity (Wildman–Crippen MR) is 68.4 cm³/mol. The Labute approximate surface area is 103 Å². The number of fused-ring (bicyclic) bond motifs is 1. The zero-order valence-corrected chi connectivity index (χ0v) is 9.45. The smallest absolute Gasteiger partial charge is 0.306 e. The molecule has 5 nitrogen and oxygen atoms in total. The summed E-state index contributed by atoms with van der Waals surface area (Å²) in [6.45, 7) is 0. The Balaban J connectivity index is 1.93. The first-order valence-corrected chi connectivity index (χ1v) is 5.51. The van der Waals surface area contributed by atoms with E-state index in [1.165, 1.54) is 4.68 Å². The van der Waals surface area contributed by atoms with Gasteiger partial charge in [0.15, 0.2) is 0 Å². The first-order chi connectivity index (χ1) is 8.84. The van der Waals surface area contributed by atoms with Crippen molar-refractivity contribution in [1.29, 1.82) is 0 Å². The Kier molecular flexibility index (Phi) is 2.49. The maximum atomic E-state index is 12.0. The fourth-order valence-corrected chi connectivity index (χ4v) is 1.72. The molecule has 88 valence electrons. The van der Waals surface area contributed by atoms with E-state index in [0.29, 0.717) is 11.0 Å². The number of rotatable bonds is 1. The van der Waals surface area contributed by atoms with E-state index in [0.717, 1.165) is 5.69 Å². The van der Waals surface area contributed by atoms with E-state index in [-0.39, 0.29) is 6.03 Å². The lowest BCUT2D eigenvalue weighted by atomic mass is 10.3. The summed E-state index contributed by atoms with van der Waals surface area (Å²) in [6.07, 6.45) is 0. The number of amides is 1. The number of benzene rings is 2. The molecule has 0 aliphatic carbocycles. The lowest BCUT2D eigenvalue weighted by molar-refractivity contribution is 0.251. The van der Waals surface area contributed by atoms with E-state index in [2.05, 4.69) is 15.6 Å². The van der Waals surface area contributed by atoms with Crippen LogP contribution in [0.2, 0.25) is 0 Å². The van der Waals surface area contributed by atoms with Gasteiger partial charge in [0.25, 0.3) is 0 Å². The van der Waals surface area contributed by atoms with Crippen LogP contribution in [0.4, 0.5) is 10.5 Å². The first-order valence-electron chi connectivity index (χ1n) is 5.51. The largest absolute Gasteiger partial charge is 0.348 e. The van der Waals surface area contributed by atoms with Crippen molar-refractivity contribution in [3.8, 4) is 0 Å². The highest BCUT2D eigenvalue weighted by Crippen LogP contribution is 2.11. The molecular formula is C13H10N4O. The minimum atomic E-state index is -0.324. The summed E-state index contributed by atoms with van der Waals surface area (Å²) in [6, 6.07) is 16.2. The zero-order valence-electron chi connectivity index (χ0n) is 9.45. The molecule has 0 aliphatic rings. The van der Waals surface area contributed by atoms with Crippen LogP contribution < -0.4 is 5.32 Å². The second-order valence-electron chi connectivity index (χ2n) is 3.79. The molecule has 1 heterocycles. The van der Waals surface area contributed by atoms with Gasteiger partial charge in [-0.3, -0.25) is 0 Å². The summed E-state index contributed by atoms with van der Waals surface area (Å²) in [5, 5.41) is 10.5. The predicted octanol–water partition coefficient (Wildman–Crippen LogP) is 2.51. The molecule has 2 aromatic carbocycles. The van der Waals surface area contributed by atoms with Gasteiger partial charge in [0.05, 0.1) is 5.52 Å². The Hall–Kier alpha value is -2.69. The number of para-hydroxylation sites is 2. The minimum absolute atomic E-state index is 0.324. The molecule has 0 aliphatic heterocycles. The normalized spacial score (nSPS) is 10.4. The molecule has 1 amide bonds. The Morgan fingerprint density at radius 2 is 1.72 bits per heavy atom. The zero-order chi connectivity index (χ0) is 12.4. The van der Waals surface area contributed by atoms with E-state index in [9.17, 15) is 4.79 Å². The Morgan fingerprint density at radius 3 is 2.56 bits per heavy atom. The third-order valence-electron chi connectivity index (χ3n) is 2.57. The van der Waals surface area contributed by atoms with Gasteiger partial charge in [0, 0.05) is 5.69 Å². The summed E-state index contributed by atoms with van der Waals surface area (Å²) >= 11 is 0. The Morgan fingerprint density at radius 1 is 1.00 bits per heavy atom. The molecule has 0 atom stereocenters. The molecule has 0 radical (unpaired) electrons. The van der Waals surface area contributed by atoms with Crippen LogP contribution in [0.5, 0.6) is 0 Å². The van der Waals surface area contributed by atoms with Crippen molar-refractivity contribution in [1.82, 2.24) is 15.0 Å². The minimum Gasteiger partial charge on any atom is -0.306 e. The van der Waals surface area contributed by atoms with E-state index < -0.39 is 0 Å². The molecule has 3 aromatic rings. The number of anilines is 1. The van der Waals surface area contributed by atoms with Crippen LogP contribution in [0.1, 0.15) is 0 Å². The van der Waals surface area contributed by atoms with Crippen LogP contribution in [0.3, 0.4) is 0 Å². The van der Waals surface area contributed by atoms with Gasteiger partial charge >= 0.3 is 6.03 Å². The number of carbonyl (C=O) groups excluding carboxylic acids is 1. The van der Waals surface area contributed by atoms with Gasteiger partial charge in [0.2, 0.25) is 0 Å². The van der Waals surface area contributed by atoms with E-state index in [1.54, 1.807) is 6.07 Å². The summed E-state index contributed by atoms with van der Waals surface area (Å²) in [7, 11) is 0. The number of hydrogen-bond donors (Lipinski definition) is 1. The third-order valence-corrected chi connectivity index (χ3v) is 2.57. The molecule has 0 saturated heterocycles. The molecule has 1 N–H and O–H groups in total. The Bertz CT molecular complexity index is 690. The van der Waals surface area contributed by atoms with Crippen molar-refractivity contribution in [2.75, 3.05) is 5.32 Å². The fourth-order valence-electron chi connectivity index (χ4n) is 1.72. The second-order valence-corrected chi connectivity index (χ2v) is 3.79. The maximum absolute atomic E-state index is 12.0. The molecule has 18 heavy (non-hydrogen) atoms. The highest BCUT2D eigenvalue weighted by molar-refractivity contribution is 5.96. The van der Waals surface area contributed by atoms with Gasteiger partial charge in [-0.1, -0.05) is 35.5 Å². The van der Waals surface area contributed by atoms with Crippen LogP contribution >= 0.6 is 0 Å². The highest BCUT2D eigenvalue weighted by atomic mass is 16.2. The molecule has 0 unspecified atom stereocenters. The average molecular weight is 238 g/mol. The topological polar surface area (TPSA) is 59.8 Å². The standard InChI is InChI=1S/C13H10N4O/c18-13(14-10-6-2-1-3-7-10)17-12-9-5-4-8-11(12)15-16-17/h1-9H,(H,14,18). The molecular weight excluding hydrogens is 228 g/mol. The fraction of sp³-hybridized carbons (Fsp3) is 0. The number of hydrogen-bond acceptors (Lipinski definition) is 3. The number of carbonyl (C=O) groups is 1. The average Bonchev–Trinajstić information content (AvgIpc) is 2.84. The van der Waals surface area contributed by atoms with Gasteiger partial charge < -0.3 is 5.32 Å². The van der Waals surface area contributed by atoms with Gasteiger partial charge in [-0.2, -0.15) is 4.68 Å². The van der Waals surface area contributed by atoms with Gasteiger partial charge in [-0.25, -0.2) is 4.79 Å². The highest BCUT2D eigenvalue weighted by Gasteiger charge is 2.10.